The molecule has 1 rings (SSSR count). The number of rotatable bonds is 1. The van der Waals surface area contributed by atoms with Crippen molar-refractivity contribution in [2.75, 3.05) is 13.1 Å². The summed E-state index contributed by atoms with van der Waals surface area (Å²) >= 11 is 0. The number of nitrogens with two attached hydrogens (primary N) is 1. The first kappa shape index (κ1) is 7.03. The van der Waals surface area contributed by atoms with Gasteiger partial charge in [-0.15, -0.1) is 0 Å². The minimum absolute atomic E-state index is 0.904. The number of hydrogen-bond donors (Lipinski definition) is 1. The Kier molecular flexibility index (Phi) is 2.49. The summed E-state index contributed by atoms with van der Waals surface area (Å²) in [5.74, 6) is 0.904. The van der Waals surface area contributed by atoms with E-state index in [9.17, 15) is 0 Å². The van der Waals surface area contributed by atoms with E-state index < -0.39 is 0 Å². The van der Waals surface area contributed by atoms with E-state index in [1.165, 1.54) is 12.8 Å². The van der Waals surface area contributed by atoms with Gasteiger partial charge in [0.2, 0.25) is 0 Å². The van der Waals surface area contributed by atoms with Crippen LogP contribution in [0.25, 0.3) is 0 Å². The van der Waals surface area contributed by atoms with Crippen molar-refractivity contribution in [1.82, 2.24) is 4.90 Å². The van der Waals surface area contributed by atoms with Crippen molar-refractivity contribution in [3.8, 4) is 0 Å². The third kappa shape index (κ3) is 1.95. The van der Waals surface area contributed by atoms with Crippen molar-refractivity contribution in [3.63, 3.8) is 0 Å². The van der Waals surface area contributed by atoms with E-state index in [0.717, 1.165) is 19.0 Å². The molecule has 0 amide bonds. The lowest BCUT2D eigenvalue weighted by atomic mass is 10.00. The summed E-state index contributed by atoms with van der Waals surface area (Å²) in [6.45, 7) is 6.30. The maximum atomic E-state index is 5.35. The molecule has 0 bridgehead atoms. The highest BCUT2D eigenvalue weighted by Gasteiger charge is 2.13. The lowest BCUT2D eigenvalue weighted by Gasteiger charge is -2.27. The van der Waals surface area contributed by atoms with Crippen LogP contribution in [0.4, 0.5) is 0 Å². The second-order valence-corrected chi connectivity index (χ2v) is 2.87. The van der Waals surface area contributed by atoms with Gasteiger partial charge in [-0.2, -0.15) is 0 Å². The summed E-state index contributed by atoms with van der Waals surface area (Å²) in [6, 6.07) is 0. The van der Waals surface area contributed by atoms with Crippen LogP contribution in [0, 0.1) is 12.6 Å². The predicted octanol–water partition coefficient (Wildman–Crippen LogP) is 0.796. The first-order valence-electron chi connectivity index (χ1n) is 3.62. The molecule has 0 spiro atoms. The number of piperidine rings is 1. The smallest absolute Gasteiger partial charge is 0.0866 e. The summed E-state index contributed by atoms with van der Waals surface area (Å²) in [4.78, 5) is 2.18. The maximum absolute atomic E-state index is 5.35. The van der Waals surface area contributed by atoms with Crippen LogP contribution in [0.1, 0.15) is 19.8 Å². The molecule has 2 N–H and O–H groups in total. The monoisotopic (exact) mass is 127 g/mol. The highest BCUT2D eigenvalue weighted by atomic mass is 15.2. The molecule has 1 saturated heterocycles. The predicted molar refractivity (Wildman–Crippen MR) is 38.5 cm³/mol. The molecule has 0 aromatic rings. The molecule has 1 aliphatic heterocycles. The second kappa shape index (κ2) is 3.18. The van der Waals surface area contributed by atoms with E-state index in [4.69, 9.17) is 5.73 Å². The molecule has 2 heteroatoms. The van der Waals surface area contributed by atoms with E-state index >= 15 is 0 Å². The molecule has 0 aromatic heterocycles. The van der Waals surface area contributed by atoms with Crippen molar-refractivity contribution in [2.24, 2.45) is 11.7 Å². The van der Waals surface area contributed by atoms with Crippen LogP contribution in [-0.4, -0.2) is 18.0 Å². The topological polar surface area (TPSA) is 29.3 Å². The minimum atomic E-state index is 0.904. The SMILES string of the molecule is CC1CCN([CH]N)CC1. The molecular weight excluding hydrogens is 112 g/mol. The Morgan fingerprint density at radius 1 is 1.44 bits per heavy atom. The molecule has 0 aliphatic carbocycles. The van der Waals surface area contributed by atoms with Crippen LogP contribution in [0.2, 0.25) is 0 Å². The third-order valence-electron chi connectivity index (χ3n) is 2.03. The van der Waals surface area contributed by atoms with Gasteiger partial charge >= 0.3 is 0 Å². The molecule has 1 radical (unpaired) electrons. The molecule has 0 atom stereocenters. The van der Waals surface area contributed by atoms with Crippen LogP contribution >= 0.6 is 0 Å². The summed E-state index contributed by atoms with van der Waals surface area (Å²) in [6.07, 6.45) is 2.60. The fourth-order valence-corrected chi connectivity index (χ4v) is 1.18. The molecule has 53 valence electrons. The average Bonchev–Trinajstić information content (AvgIpc) is 1.90. The Bertz CT molecular complexity index is 75.0. The lowest BCUT2D eigenvalue weighted by molar-refractivity contribution is 0.230. The Balaban J connectivity index is 2.18. The molecule has 1 aliphatic rings. The Labute approximate surface area is 57.0 Å². The van der Waals surface area contributed by atoms with Crippen LogP contribution < -0.4 is 5.73 Å². The molecule has 1 heterocycles. The highest BCUT2D eigenvalue weighted by Crippen LogP contribution is 2.15. The Morgan fingerprint density at radius 2 is 2.00 bits per heavy atom. The largest absolute Gasteiger partial charge is 0.313 e. The van der Waals surface area contributed by atoms with Crippen molar-refractivity contribution in [3.05, 3.63) is 6.67 Å². The van der Waals surface area contributed by atoms with Gasteiger partial charge in [0, 0.05) is 0 Å². The van der Waals surface area contributed by atoms with E-state index in [0.29, 0.717) is 0 Å². The maximum Gasteiger partial charge on any atom is 0.0866 e. The number of hydrogen-bond acceptors (Lipinski definition) is 2. The molecule has 0 aromatic carbocycles. The second-order valence-electron chi connectivity index (χ2n) is 2.87. The normalized spacial score (nSPS) is 24.7. The summed E-state index contributed by atoms with van der Waals surface area (Å²) in [7, 11) is 0. The average molecular weight is 127 g/mol. The standard InChI is InChI=1S/C7H15N2/c1-7-2-4-9(6-8)5-3-7/h6-7H,2-5,8H2,1H3. The van der Waals surface area contributed by atoms with Gasteiger partial charge in [0.05, 0.1) is 6.67 Å². The van der Waals surface area contributed by atoms with Gasteiger partial charge in [-0.3, -0.25) is 4.90 Å². The van der Waals surface area contributed by atoms with Gasteiger partial charge in [-0.25, -0.2) is 0 Å². The first-order chi connectivity index (χ1) is 4.33. The number of likely N-dealkylation sites (tertiary alicyclic amines) is 1. The quantitative estimate of drug-likeness (QED) is 0.564. The fraction of sp³-hybridized carbons (Fsp3) is 0.857. The Hall–Kier alpha value is -0.0800. The van der Waals surface area contributed by atoms with Crippen LogP contribution in [0.5, 0.6) is 0 Å². The Morgan fingerprint density at radius 3 is 2.44 bits per heavy atom. The van der Waals surface area contributed by atoms with E-state index in [-0.39, 0.29) is 0 Å². The van der Waals surface area contributed by atoms with Gasteiger partial charge in [0.15, 0.2) is 0 Å². The molecule has 1 fully saturated rings. The van der Waals surface area contributed by atoms with Crippen molar-refractivity contribution < 1.29 is 0 Å². The van der Waals surface area contributed by atoms with Crippen molar-refractivity contribution in [1.29, 1.82) is 0 Å². The van der Waals surface area contributed by atoms with E-state index in [1.54, 1.807) is 6.67 Å². The van der Waals surface area contributed by atoms with Crippen LogP contribution in [0.15, 0.2) is 0 Å². The van der Waals surface area contributed by atoms with E-state index in [2.05, 4.69) is 11.8 Å². The molecule has 2 nitrogen and oxygen atoms in total. The van der Waals surface area contributed by atoms with Gasteiger partial charge in [-0.05, 0) is 31.8 Å². The molecule has 0 unspecified atom stereocenters. The fourth-order valence-electron chi connectivity index (χ4n) is 1.18. The van der Waals surface area contributed by atoms with Crippen LogP contribution in [-0.2, 0) is 0 Å². The molecule has 9 heavy (non-hydrogen) atoms. The highest BCUT2D eigenvalue weighted by molar-refractivity contribution is 4.71. The van der Waals surface area contributed by atoms with Gasteiger partial charge < -0.3 is 5.73 Å². The minimum Gasteiger partial charge on any atom is -0.313 e. The zero-order valence-electron chi connectivity index (χ0n) is 6.01. The van der Waals surface area contributed by atoms with Gasteiger partial charge in [0.1, 0.15) is 0 Å². The number of nitrogens with zero attached hydrogens (tertiary/aromatic N) is 1. The van der Waals surface area contributed by atoms with Crippen molar-refractivity contribution in [2.45, 2.75) is 19.8 Å². The van der Waals surface area contributed by atoms with Crippen molar-refractivity contribution >= 4 is 0 Å². The van der Waals surface area contributed by atoms with Gasteiger partial charge in [0.25, 0.3) is 0 Å². The summed E-state index contributed by atoms with van der Waals surface area (Å²) < 4.78 is 0. The lowest BCUT2D eigenvalue weighted by Crippen LogP contribution is -2.33. The zero-order valence-corrected chi connectivity index (χ0v) is 6.01. The summed E-state index contributed by atoms with van der Waals surface area (Å²) in [5, 5.41) is 0. The van der Waals surface area contributed by atoms with Gasteiger partial charge in [-0.1, -0.05) is 6.92 Å². The zero-order chi connectivity index (χ0) is 6.69. The third-order valence-corrected chi connectivity index (χ3v) is 2.03. The molecular formula is C7H15N2. The first-order valence-corrected chi connectivity index (χ1v) is 3.62. The van der Waals surface area contributed by atoms with E-state index in [1.807, 2.05) is 0 Å². The molecule has 0 saturated carbocycles. The van der Waals surface area contributed by atoms with Crippen LogP contribution in [0.3, 0.4) is 0 Å². The summed E-state index contributed by atoms with van der Waals surface area (Å²) in [5.41, 5.74) is 5.35.